The lowest BCUT2D eigenvalue weighted by atomic mass is 9.94. The maximum atomic E-state index is 13.4. The number of hydrogen-bond donors (Lipinski definition) is 6. The smallest absolute Gasteiger partial charge is 0.326 e. The monoisotopic (exact) mass is 582 g/mol. The van der Waals surface area contributed by atoms with Crippen molar-refractivity contribution in [3.05, 3.63) is 47.5 Å². The number of nitrogens with one attached hydrogen (secondary N) is 3. The molecule has 2 atom stereocenters. The third-order valence-corrected chi connectivity index (χ3v) is 7.16. The highest BCUT2D eigenvalue weighted by atomic mass is 16.4. The number of benzene rings is 2. The summed E-state index contributed by atoms with van der Waals surface area (Å²) in [6.45, 7) is 1.19. The number of aliphatic carboxylic acids is 1. The molecule has 0 saturated carbocycles. The fraction of sp³-hybridized carbons (Fsp3) is 0.433. The highest BCUT2D eigenvalue weighted by molar-refractivity contribution is 5.94. The molecule has 3 rings (SSSR count). The fourth-order valence-corrected chi connectivity index (χ4v) is 4.78. The lowest BCUT2D eigenvalue weighted by Gasteiger charge is -2.28. The van der Waals surface area contributed by atoms with Gasteiger partial charge in [0.1, 0.15) is 23.6 Å². The van der Waals surface area contributed by atoms with E-state index in [1.807, 2.05) is 0 Å². The fourth-order valence-electron chi connectivity index (χ4n) is 4.78. The van der Waals surface area contributed by atoms with Gasteiger partial charge in [-0.2, -0.15) is 0 Å². The van der Waals surface area contributed by atoms with Crippen LogP contribution in [0.25, 0.3) is 11.1 Å². The predicted octanol–water partition coefficient (Wildman–Crippen LogP) is 1.98. The first-order valence-electron chi connectivity index (χ1n) is 14.0. The quantitative estimate of drug-likeness (QED) is 0.230. The second-order valence-electron chi connectivity index (χ2n) is 10.4. The molecule has 0 saturated heterocycles. The maximum absolute atomic E-state index is 13.4. The Labute approximate surface area is 244 Å². The van der Waals surface area contributed by atoms with E-state index in [4.69, 9.17) is 0 Å². The van der Waals surface area contributed by atoms with Crippen molar-refractivity contribution in [1.82, 2.24) is 20.9 Å². The van der Waals surface area contributed by atoms with E-state index >= 15 is 0 Å². The zero-order valence-electron chi connectivity index (χ0n) is 23.8. The van der Waals surface area contributed by atoms with Crippen LogP contribution < -0.4 is 16.0 Å². The van der Waals surface area contributed by atoms with Gasteiger partial charge in [-0.15, -0.1) is 0 Å². The van der Waals surface area contributed by atoms with Gasteiger partial charge in [-0.1, -0.05) is 44.7 Å². The van der Waals surface area contributed by atoms with Crippen LogP contribution in [0.4, 0.5) is 0 Å². The Morgan fingerprint density at radius 3 is 2.33 bits per heavy atom. The van der Waals surface area contributed by atoms with Crippen LogP contribution in [0, 0.1) is 0 Å². The van der Waals surface area contributed by atoms with Crippen LogP contribution in [0.2, 0.25) is 0 Å². The number of carboxylic acids is 1. The summed E-state index contributed by atoms with van der Waals surface area (Å²) >= 11 is 0. The summed E-state index contributed by atoms with van der Waals surface area (Å²) in [5.74, 6) is -4.09. The first kappa shape index (κ1) is 31.9. The Kier molecular flexibility index (Phi) is 11.3. The summed E-state index contributed by atoms with van der Waals surface area (Å²) in [4.78, 5) is 64.3. The number of carboxylic acid groups (broad SMARTS) is 1. The molecule has 0 aromatic heterocycles. The summed E-state index contributed by atoms with van der Waals surface area (Å²) in [5, 5.41) is 38.3. The third kappa shape index (κ3) is 8.45. The molecule has 0 aliphatic carbocycles. The molecule has 2 aromatic carbocycles. The van der Waals surface area contributed by atoms with Crippen molar-refractivity contribution in [3.8, 4) is 22.6 Å². The molecule has 0 spiro atoms. The van der Waals surface area contributed by atoms with Crippen molar-refractivity contribution in [3.63, 3.8) is 0 Å². The van der Waals surface area contributed by atoms with Crippen molar-refractivity contribution >= 4 is 29.6 Å². The predicted molar refractivity (Wildman–Crippen MR) is 153 cm³/mol. The molecule has 4 bridgehead atoms. The average Bonchev–Trinajstić information content (AvgIpc) is 2.95. The first-order chi connectivity index (χ1) is 20.0. The van der Waals surface area contributed by atoms with Gasteiger partial charge in [-0.3, -0.25) is 19.2 Å². The molecule has 0 fully saturated rings. The SMILES string of the molecule is CCCCCCCC(=O)NCC(=O)N(C)C1C(=O)NCC(=O)N[C@H](C(=O)O)Cc2ccc(O)c(c2)-c2cc1ccc2O. The van der Waals surface area contributed by atoms with Crippen molar-refractivity contribution in [2.24, 2.45) is 0 Å². The second-order valence-corrected chi connectivity index (χ2v) is 10.4. The van der Waals surface area contributed by atoms with Crippen LogP contribution in [0.15, 0.2) is 36.4 Å². The van der Waals surface area contributed by atoms with Gasteiger partial charge < -0.3 is 36.2 Å². The Morgan fingerprint density at radius 2 is 1.64 bits per heavy atom. The number of unbranched alkanes of at least 4 members (excludes halogenated alkanes) is 4. The van der Waals surface area contributed by atoms with Crippen LogP contribution in [0.5, 0.6) is 11.5 Å². The van der Waals surface area contributed by atoms with Crippen molar-refractivity contribution < 1.29 is 39.3 Å². The van der Waals surface area contributed by atoms with Gasteiger partial charge in [-0.05, 0) is 41.8 Å². The molecular weight excluding hydrogens is 544 g/mol. The van der Waals surface area contributed by atoms with Crippen molar-refractivity contribution in [2.45, 2.75) is 64.0 Å². The van der Waals surface area contributed by atoms with Gasteiger partial charge in [0.15, 0.2) is 0 Å². The number of carbonyl (C=O) groups is 5. The standard InChI is InChI=1S/C30H38N4O8/c1-3-4-5-6-7-8-25(37)31-17-27(39)34(2)28-19-10-12-24(36)21(15-19)20-13-18(9-11-23(20)35)14-22(30(41)42)33-26(38)16-32-29(28)40/h9-13,15,22,28,35-36H,3-8,14,16-17H2,1-2H3,(H,31,37)(H,32,40)(H,33,38)(H,41,42)/t22-,28?/m0/s1. The lowest BCUT2D eigenvalue weighted by Crippen LogP contribution is -2.49. The van der Waals surface area contributed by atoms with E-state index in [1.165, 1.54) is 43.4 Å². The highest BCUT2D eigenvalue weighted by Crippen LogP contribution is 2.38. The van der Waals surface area contributed by atoms with E-state index in [1.54, 1.807) is 0 Å². The number of likely N-dealkylation sites (N-methyl/N-ethyl adjacent to an activating group) is 1. The number of phenols is 2. The molecule has 42 heavy (non-hydrogen) atoms. The van der Waals surface area contributed by atoms with Crippen molar-refractivity contribution in [2.75, 3.05) is 20.1 Å². The number of nitrogens with zero attached hydrogens (tertiary/aromatic N) is 1. The zero-order chi connectivity index (χ0) is 30.8. The summed E-state index contributed by atoms with van der Waals surface area (Å²) in [6.07, 6.45) is 5.00. The van der Waals surface area contributed by atoms with Gasteiger partial charge in [0.2, 0.25) is 23.6 Å². The van der Waals surface area contributed by atoms with E-state index < -0.39 is 42.3 Å². The molecule has 2 aromatic rings. The van der Waals surface area contributed by atoms with Crippen LogP contribution in [0.3, 0.4) is 0 Å². The summed E-state index contributed by atoms with van der Waals surface area (Å²) in [7, 11) is 1.37. The molecule has 1 aliphatic heterocycles. The van der Waals surface area contributed by atoms with Crippen LogP contribution in [-0.4, -0.2) is 76.0 Å². The molecule has 0 radical (unpaired) electrons. The Morgan fingerprint density at radius 1 is 0.976 bits per heavy atom. The van der Waals surface area contributed by atoms with E-state index in [9.17, 15) is 39.3 Å². The van der Waals surface area contributed by atoms with Gasteiger partial charge in [0.05, 0.1) is 13.1 Å². The van der Waals surface area contributed by atoms with Gasteiger partial charge in [0.25, 0.3) is 0 Å². The Bertz CT molecular complexity index is 1330. The number of rotatable bonds is 10. The summed E-state index contributed by atoms with van der Waals surface area (Å²) < 4.78 is 0. The Balaban J connectivity index is 1.91. The van der Waals surface area contributed by atoms with Crippen LogP contribution in [-0.2, 0) is 30.4 Å². The minimum absolute atomic E-state index is 0.118. The lowest BCUT2D eigenvalue weighted by molar-refractivity contribution is -0.142. The molecule has 226 valence electrons. The molecule has 1 heterocycles. The van der Waals surface area contributed by atoms with Gasteiger partial charge in [0, 0.05) is 31.0 Å². The molecule has 12 nitrogen and oxygen atoms in total. The Hall–Kier alpha value is -4.61. The highest BCUT2D eigenvalue weighted by Gasteiger charge is 2.31. The van der Waals surface area contributed by atoms with Crippen molar-refractivity contribution in [1.29, 1.82) is 0 Å². The second kappa shape index (κ2) is 14.9. The topological polar surface area (TPSA) is 185 Å². The minimum Gasteiger partial charge on any atom is -0.507 e. The summed E-state index contributed by atoms with van der Waals surface area (Å²) in [5.41, 5.74) is 1.05. The molecule has 4 amide bonds. The molecule has 6 N–H and O–H groups in total. The van der Waals surface area contributed by atoms with E-state index in [0.29, 0.717) is 12.0 Å². The normalized spacial score (nSPS) is 16.9. The zero-order valence-corrected chi connectivity index (χ0v) is 23.8. The molecule has 12 heteroatoms. The number of phenolic OH excluding ortho intramolecular Hbond substituents is 2. The first-order valence-corrected chi connectivity index (χ1v) is 14.0. The largest absolute Gasteiger partial charge is 0.507 e. The molecule has 1 unspecified atom stereocenters. The molecular formula is C30H38N4O8. The van der Waals surface area contributed by atoms with Gasteiger partial charge >= 0.3 is 5.97 Å². The minimum atomic E-state index is -1.33. The molecule has 1 aliphatic rings. The third-order valence-electron chi connectivity index (χ3n) is 7.16. The van der Waals surface area contributed by atoms with Gasteiger partial charge in [-0.25, -0.2) is 4.79 Å². The summed E-state index contributed by atoms with van der Waals surface area (Å²) in [6, 6.07) is 5.91. The van der Waals surface area contributed by atoms with E-state index in [2.05, 4.69) is 22.9 Å². The van der Waals surface area contributed by atoms with Crippen LogP contribution in [0.1, 0.15) is 62.6 Å². The van der Waals surface area contributed by atoms with E-state index in [0.717, 1.165) is 30.6 Å². The number of aromatic hydroxyl groups is 2. The average molecular weight is 583 g/mol. The number of hydrogen-bond acceptors (Lipinski definition) is 7. The van der Waals surface area contributed by atoms with Crippen LogP contribution >= 0.6 is 0 Å². The number of carbonyl (C=O) groups excluding carboxylic acids is 4. The number of amides is 4. The van der Waals surface area contributed by atoms with E-state index in [-0.39, 0.29) is 53.5 Å². The maximum Gasteiger partial charge on any atom is 0.326 e. The number of fused-ring (bicyclic) bond motifs is 5.